The molecule has 0 bridgehead atoms. The summed E-state index contributed by atoms with van der Waals surface area (Å²) in [6.45, 7) is 5.51. The molecule has 1 aromatic rings. The van der Waals surface area contributed by atoms with Crippen LogP contribution in [0.2, 0.25) is 0 Å². The normalized spacial score (nSPS) is 10.4. The van der Waals surface area contributed by atoms with Gasteiger partial charge in [-0.15, -0.1) is 0 Å². The number of rotatable bonds is 7. The Morgan fingerprint density at radius 3 is 2.50 bits per heavy atom. The van der Waals surface area contributed by atoms with Crippen LogP contribution in [-0.4, -0.2) is 25.6 Å². The van der Waals surface area contributed by atoms with Crippen LogP contribution in [0.15, 0.2) is 24.3 Å². The molecule has 100 valence electrons. The molecular formula is C14H22N2O2. The smallest absolute Gasteiger partial charge is 0.223 e. The van der Waals surface area contributed by atoms with Gasteiger partial charge in [0.1, 0.15) is 5.75 Å². The molecule has 0 spiro atoms. The summed E-state index contributed by atoms with van der Waals surface area (Å²) in [7, 11) is 1.62. The Kier molecular flexibility index (Phi) is 6.22. The summed E-state index contributed by atoms with van der Waals surface area (Å²) in [5, 5.41) is 5.91. The molecule has 0 radical (unpaired) electrons. The lowest BCUT2D eigenvalue weighted by atomic mass is 10.2. The van der Waals surface area contributed by atoms with Gasteiger partial charge in [0, 0.05) is 19.6 Å². The van der Waals surface area contributed by atoms with Crippen molar-refractivity contribution in [3.8, 4) is 5.75 Å². The van der Waals surface area contributed by atoms with Crippen molar-refractivity contribution < 1.29 is 9.53 Å². The van der Waals surface area contributed by atoms with Gasteiger partial charge in [-0.25, -0.2) is 0 Å². The number of nitrogens with one attached hydrogen (secondary N) is 2. The largest absolute Gasteiger partial charge is 0.493 e. The molecule has 0 fully saturated rings. The molecule has 0 unspecified atom stereocenters. The fraction of sp³-hybridized carbons (Fsp3) is 0.500. The number of benzene rings is 1. The predicted octanol–water partition coefficient (Wildman–Crippen LogP) is 1.70. The van der Waals surface area contributed by atoms with E-state index in [1.54, 1.807) is 7.05 Å². The molecule has 1 amide bonds. The van der Waals surface area contributed by atoms with E-state index >= 15 is 0 Å². The fourth-order valence-electron chi connectivity index (χ4n) is 1.41. The molecule has 4 nitrogen and oxygen atoms in total. The van der Waals surface area contributed by atoms with Gasteiger partial charge in [0.25, 0.3) is 0 Å². The van der Waals surface area contributed by atoms with Crippen molar-refractivity contribution in [1.82, 2.24) is 10.6 Å². The minimum absolute atomic E-state index is 0.00671. The van der Waals surface area contributed by atoms with Crippen LogP contribution >= 0.6 is 0 Å². The summed E-state index contributed by atoms with van der Waals surface area (Å²) in [6, 6.07) is 8.41. The molecule has 0 saturated carbocycles. The highest BCUT2D eigenvalue weighted by Crippen LogP contribution is 2.12. The lowest BCUT2D eigenvalue weighted by molar-refractivity contribution is -0.121. The van der Waals surface area contributed by atoms with Crippen molar-refractivity contribution in [3.63, 3.8) is 0 Å². The van der Waals surface area contributed by atoms with Gasteiger partial charge < -0.3 is 15.4 Å². The molecule has 0 saturated heterocycles. The van der Waals surface area contributed by atoms with Crippen LogP contribution < -0.4 is 15.4 Å². The summed E-state index contributed by atoms with van der Waals surface area (Å²) in [6.07, 6.45) is 0.382. The average molecular weight is 250 g/mol. The average Bonchev–Trinajstić information content (AvgIpc) is 2.37. The Morgan fingerprint density at radius 1 is 1.28 bits per heavy atom. The van der Waals surface area contributed by atoms with E-state index in [9.17, 15) is 4.79 Å². The number of ether oxygens (including phenoxy) is 1. The lowest BCUT2D eigenvalue weighted by Gasteiger charge is -2.09. The van der Waals surface area contributed by atoms with E-state index in [-0.39, 0.29) is 5.91 Å². The van der Waals surface area contributed by atoms with Gasteiger partial charge in [0.05, 0.1) is 13.0 Å². The first-order chi connectivity index (χ1) is 8.61. The maximum Gasteiger partial charge on any atom is 0.223 e. The zero-order chi connectivity index (χ0) is 13.4. The number of hydrogen-bond donors (Lipinski definition) is 2. The molecule has 0 aliphatic heterocycles. The third-order valence-corrected chi connectivity index (χ3v) is 2.51. The third kappa shape index (κ3) is 5.68. The molecule has 1 rings (SSSR count). The van der Waals surface area contributed by atoms with E-state index in [0.29, 0.717) is 19.1 Å². The van der Waals surface area contributed by atoms with Gasteiger partial charge in [0.2, 0.25) is 5.91 Å². The molecule has 1 aromatic carbocycles. The molecule has 4 heteroatoms. The van der Waals surface area contributed by atoms with Crippen LogP contribution in [0.1, 0.15) is 25.8 Å². The summed E-state index contributed by atoms with van der Waals surface area (Å²) < 4.78 is 5.48. The zero-order valence-electron chi connectivity index (χ0n) is 11.3. The first-order valence-electron chi connectivity index (χ1n) is 6.27. The second kappa shape index (κ2) is 7.71. The summed E-state index contributed by atoms with van der Waals surface area (Å²) in [4.78, 5) is 11.0. The first-order valence-corrected chi connectivity index (χ1v) is 6.27. The van der Waals surface area contributed by atoms with Gasteiger partial charge in [-0.3, -0.25) is 4.79 Å². The van der Waals surface area contributed by atoms with Crippen molar-refractivity contribution >= 4 is 5.91 Å². The highest BCUT2D eigenvalue weighted by Gasteiger charge is 2.00. The monoisotopic (exact) mass is 250 g/mol. The number of hydrogen-bond acceptors (Lipinski definition) is 3. The molecule has 2 N–H and O–H groups in total. The van der Waals surface area contributed by atoms with E-state index in [0.717, 1.165) is 12.3 Å². The Balaban J connectivity index is 2.33. The lowest BCUT2D eigenvalue weighted by Crippen LogP contribution is -2.21. The van der Waals surface area contributed by atoms with Gasteiger partial charge in [-0.1, -0.05) is 26.0 Å². The van der Waals surface area contributed by atoms with E-state index in [1.165, 1.54) is 5.56 Å². The summed E-state index contributed by atoms with van der Waals surface area (Å²) in [5.74, 6) is 0.792. The van der Waals surface area contributed by atoms with E-state index in [4.69, 9.17) is 4.74 Å². The van der Waals surface area contributed by atoms with Gasteiger partial charge in [0.15, 0.2) is 0 Å². The Morgan fingerprint density at radius 2 is 1.94 bits per heavy atom. The number of carbonyl (C=O) groups excluding carboxylic acids is 1. The molecule has 0 aliphatic carbocycles. The predicted molar refractivity (Wildman–Crippen MR) is 72.6 cm³/mol. The zero-order valence-corrected chi connectivity index (χ0v) is 11.3. The SMILES string of the molecule is CNC(=O)CCOc1ccc(CNC(C)C)cc1. The summed E-state index contributed by atoms with van der Waals surface area (Å²) >= 11 is 0. The van der Waals surface area contributed by atoms with Crippen molar-refractivity contribution in [2.24, 2.45) is 0 Å². The standard InChI is InChI=1S/C14H22N2O2/c1-11(2)16-10-12-4-6-13(7-5-12)18-9-8-14(17)15-3/h4-7,11,16H,8-10H2,1-3H3,(H,15,17). The molecule has 0 atom stereocenters. The van der Waals surface area contributed by atoms with Crippen LogP contribution in [0.25, 0.3) is 0 Å². The highest BCUT2D eigenvalue weighted by atomic mass is 16.5. The topological polar surface area (TPSA) is 50.4 Å². The molecule has 0 aliphatic rings. The Bertz CT molecular complexity index is 361. The van der Waals surface area contributed by atoms with E-state index in [1.807, 2.05) is 24.3 Å². The van der Waals surface area contributed by atoms with Crippen LogP contribution in [0.3, 0.4) is 0 Å². The first kappa shape index (κ1) is 14.5. The number of carbonyl (C=O) groups is 1. The minimum atomic E-state index is -0.00671. The van der Waals surface area contributed by atoms with Gasteiger partial charge in [-0.05, 0) is 17.7 Å². The van der Waals surface area contributed by atoms with Gasteiger partial charge >= 0.3 is 0 Å². The summed E-state index contributed by atoms with van der Waals surface area (Å²) in [5.41, 5.74) is 1.22. The third-order valence-electron chi connectivity index (χ3n) is 2.51. The highest BCUT2D eigenvalue weighted by molar-refractivity contribution is 5.75. The van der Waals surface area contributed by atoms with Crippen LogP contribution in [0.5, 0.6) is 5.75 Å². The molecule has 18 heavy (non-hydrogen) atoms. The Hall–Kier alpha value is -1.55. The Labute approximate surface area is 109 Å². The molecule has 0 heterocycles. The fourth-order valence-corrected chi connectivity index (χ4v) is 1.41. The van der Waals surface area contributed by atoms with Crippen LogP contribution in [-0.2, 0) is 11.3 Å². The quantitative estimate of drug-likeness (QED) is 0.774. The molecule has 0 aromatic heterocycles. The second-order valence-corrected chi connectivity index (χ2v) is 4.45. The second-order valence-electron chi connectivity index (χ2n) is 4.45. The van der Waals surface area contributed by atoms with E-state index < -0.39 is 0 Å². The van der Waals surface area contributed by atoms with Crippen molar-refractivity contribution in [1.29, 1.82) is 0 Å². The van der Waals surface area contributed by atoms with Gasteiger partial charge in [-0.2, -0.15) is 0 Å². The van der Waals surface area contributed by atoms with E-state index in [2.05, 4.69) is 24.5 Å². The number of amides is 1. The van der Waals surface area contributed by atoms with Crippen molar-refractivity contribution in [2.75, 3.05) is 13.7 Å². The van der Waals surface area contributed by atoms with Crippen molar-refractivity contribution in [3.05, 3.63) is 29.8 Å². The maximum atomic E-state index is 11.0. The minimum Gasteiger partial charge on any atom is -0.493 e. The van der Waals surface area contributed by atoms with Crippen molar-refractivity contribution in [2.45, 2.75) is 32.9 Å². The maximum absolute atomic E-state index is 11.0. The van der Waals surface area contributed by atoms with Crippen LogP contribution in [0, 0.1) is 0 Å². The van der Waals surface area contributed by atoms with Crippen LogP contribution in [0.4, 0.5) is 0 Å². The molecular weight excluding hydrogens is 228 g/mol.